The Balaban J connectivity index is 1.96. The summed E-state index contributed by atoms with van der Waals surface area (Å²) in [4.78, 5) is 12.1. The Morgan fingerprint density at radius 2 is 0.788 bits per heavy atom. The molecule has 7 heteroatoms. The van der Waals surface area contributed by atoms with Crippen molar-refractivity contribution in [1.29, 1.82) is 0 Å². The van der Waals surface area contributed by atoms with Crippen LogP contribution in [0.4, 0.5) is 0 Å². The fourth-order valence-corrected chi connectivity index (χ4v) is 6.76. The number of carbonyl (C=O) groups excluding carboxylic acids is 1. The molecular formula is C45H64O7. The molecule has 0 unspecified atom stereocenters. The van der Waals surface area contributed by atoms with E-state index in [2.05, 4.69) is 52.0 Å². The lowest BCUT2D eigenvalue weighted by molar-refractivity contribution is -0.131. The van der Waals surface area contributed by atoms with Crippen LogP contribution in [0.25, 0.3) is 32.3 Å². The number of unbranched alkanes of at least 4 members (excludes halogenated alkanes) is 12. The summed E-state index contributed by atoms with van der Waals surface area (Å²) < 4.78 is 37.7. The van der Waals surface area contributed by atoms with Crippen molar-refractivity contribution in [1.82, 2.24) is 0 Å². The van der Waals surface area contributed by atoms with Crippen LogP contribution >= 0.6 is 0 Å². The summed E-state index contributed by atoms with van der Waals surface area (Å²) in [7, 11) is 1.65. The first-order valence-corrected chi connectivity index (χ1v) is 20.2. The van der Waals surface area contributed by atoms with Crippen LogP contribution in [-0.2, 0) is 4.79 Å². The van der Waals surface area contributed by atoms with Gasteiger partial charge in [-0.3, -0.25) is 4.79 Å². The van der Waals surface area contributed by atoms with Gasteiger partial charge in [0.1, 0.15) is 11.5 Å². The first-order chi connectivity index (χ1) is 25.4. The third-order valence-corrected chi connectivity index (χ3v) is 9.60. The molecule has 0 atom stereocenters. The van der Waals surface area contributed by atoms with Crippen LogP contribution in [0.5, 0.6) is 34.5 Å². The molecule has 0 radical (unpaired) electrons. The minimum Gasteiger partial charge on any atom is -0.496 e. The van der Waals surface area contributed by atoms with Crippen LogP contribution in [0.3, 0.4) is 0 Å². The SMILES string of the molecule is CCCCCCOc1cc2c(cc1OCCCCCC)c1cc(OC(C)=O)cc(OC)c1c1cc(OCCCCCC)c(OCCCCCC)cc21. The van der Waals surface area contributed by atoms with Crippen LogP contribution in [0.2, 0.25) is 0 Å². The van der Waals surface area contributed by atoms with Gasteiger partial charge in [0.15, 0.2) is 23.0 Å². The molecule has 4 aromatic rings. The summed E-state index contributed by atoms with van der Waals surface area (Å²) >= 11 is 0. The minimum absolute atomic E-state index is 0.388. The van der Waals surface area contributed by atoms with E-state index in [4.69, 9.17) is 28.4 Å². The van der Waals surface area contributed by atoms with Crippen LogP contribution < -0.4 is 28.4 Å². The smallest absolute Gasteiger partial charge is 0.308 e. The summed E-state index contributed by atoms with van der Waals surface area (Å²) in [6.45, 7) is 12.8. The molecule has 0 heterocycles. The highest BCUT2D eigenvalue weighted by Crippen LogP contribution is 2.48. The number of fused-ring (bicyclic) bond motifs is 6. The molecule has 4 rings (SSSR count). The van der Waals surface area contributed by atoms with Gasteiger partial charge in [0.05, 0.1) is 33.5 Å². The third kappa shape index (κ3) is 11.6. The molecule has 0 aliphatic heterocycles. The largest absolute Gasteiger partial charge is 0.496 e. The average Bonchev–Trinajstić information content (AvgIpc) is 3.14. The second-order valence-electron chi connectivity index (χ2n) is 14.0. The molecule has 0 fully saturated rings. The predicted octanol–water partition coefficient (Wildman–Crippen LogP) is 12.9. The summed E-state index contributed by atoms with van der Waals surface area (Å²) in [6.07, 6.45) is 17.9. The number of ether oxygens (including phenoxy) is 6. The second kappa shape index (κ2) is 22.3. The lowest BCUT2D eigenvalue weighted by Gasteiger charge is -2.20. The Morgan fingerprint density at radius 3 is 1.13 bits per heavy atom. The van der Waals surface area contributed by atoms with E-state index in [1.807, 2.05) is 6.07 Å². The number of esters is 1. The Hall–Kier alpha value is -3.87. The van der Waals surface area contributed by atoms with Gasteiger partial charge in [0.25, 0.3) is 0 Å². The average molecular weight is 717 g/mol. The molecule has 286 valence electrons. The van der Waals surface area contributed by atoms with E-state index in [9.17, 15) is 4.79 Å². The zero-order chi connectivity index (χ0) is 37.1. The molecule has 0 spiro atoms. The van der Waals surface area contributed by atoms with E-state index < -0.39 is 0 Å². The summed E-state index contributed by atoms with van der Waals surface area (Å²) in [5, 5.41) is 5.74. The molecule has 0 saturated carbocycles. The second-order valence-corrected chi connectivity index (χ2v) is 14.0. The van der Waals surface area contributed by atoms with E-state index in [0.717, 1.165) is 107 Å². The van der Waals surface area contributed by atoms with Gasteiger partial charge in [-0.1, -0.05) is 105 Å². The number of carbonyl (C=O) groups is 1. The van der Waals surface area contributed by atoms with Gasteiger partial charge >= 0.3 is 5.97 Å². The zero-order valence-corrected chi connectivity index (χ0v) is 33.0. The van der Waals surface area contributed by atoms with Gasteiger partial charge in [-0.15, -0.1) is 0 Å². The van der Waals surface area contributed by atoms with E-state index in [1.165, 1.54) is 58.3 Å². The van der Waals surface area contributed by atoms with Crippen molar-refractivity contribution in [2.45, 2.75) is 137 Å². The fourth-order valence-electron chi connectivity index (χ4n) is 6.76. The normalized spacial score (nSPS) is 11.3. The van der Waals surface area contributed by atoms with Crippen LogP contribution in [0, 0.1) is 0 Å². The molecule has 0 N–H and O–H groups in total. The molecule has 0 saturated heterocycles. The van der Waals surface area contributed by atoms with E-state index in [1.54, 1.807) is 13.2 Å². The van der Waals surface area contributed by atoms with Crippen molar-refractivity contribution in [3.8, 4) is 34.5 Å². The van der Waals surface area contributed by atoms with Crippen molar-refractivity contribution in [3.05, 3.63) is 36.4 Å². The topological polar surface area (TPSA) is 72.5 Å². The number of hydrogen-bond donors (Lipinski definition) is 0. The number of methoxy groups -OCH3 is 1. The number of hydrogen-bond acceptors (Lipinski definition) is 7. The van der Waals surface area contributed by atoms with Gasteiger partial charge in [0, 0.05) is 18.4 Å². The van der Waals surface area contributed by atoms with Gasteiger partial charge in [0.2, 0.25) is 0 Å². The molecule has 52 heavy (non-hydrogen) atoms. The number of rotatable bonds is 26. The van der Waals surface area contributed by atoms with Crippen molar-refractivity contribution >= 4 is 38.3 Å². The van der Waals surface area contributed by atoms with Crippen molar-refractivity contribution in [2.75, 3.05) is 33.5 Å². The van der Waals surface area contributed by atoms with E-state index in [0.29, 0.717) is 37.9 Å². The molecule has 7 nitrogen and oxygen atoms in total. The van der Waals surface area contributed by atoms with Crippen LogP contribution in [-0.4, -0.2) is 39.5 Å². The first kappa shape index (κ1) is 40.9. The lowest BCUT2D eigenvalue weighted by atomic mass is 9.92. The highest BCUT2D eigenvalue weighted by molar-refractivity contribution is 6.28. The highest BCUT2D eigenvalue weighted by Gasteiger charge is 2.21. The Bertz CT molecular complexity index is 1700. The molecule has 0 aromatic heterocycles. The molecular weight excluding hydrogens is 652 g/mol. The Kier molecular flexibility index (Phi) is 17.5. The van der Waals surface area contributed by atoms with Crippen molar-refractivity contribution < 1.29 is 33.2 Å². The zero-order valence-electron chi connectivity index (χ0n) is 33.0. The molecule has 0 amide bonds. The van der Waals surface area contributed by atoms with Gasteiger partial charge in [-0.2, -0.15) is 0 Å². The fraction of sp³-hybridized carbons (Fsp3) is 0.578. The summed E-state index contributed by atoms with van der Waals surface area (Å²) in [5.74, 6) is 3.58. The maximum absolute atomic E-state index is 12.1. The monoisotopic (exact) mass is 716 g/mol. The van der Waals surface area contributed by atoms with E-state index in [-0.39, 0.29) is 5.97 Å². The highest BCUT2D eigenvalue weighted by atomic mass is 16.5. The Morgan fingerprint density at radius 1 is 0.442 bits per heavy atom. The standard InChI is InChI=1S/C45H64O7/c1-7-11-15-19-23-48-40-29-35-36(30-41(40)49-24-20-16-12-8-2)38-27-34(52-33(5)46)28-44(47-6)45(38)39-32-43(51-26-22-18-14-10-4)42(31-37(35)39)50-25-21-17-13-9-3/h27-32H,7-26H2,1-6H3. The van der Waals surface area contributed by atoms with Gasteiger partial charge in [-0.25, -0.2) is 0 Å². The predicted molar refractivity (Wildman–Crippen MR) is 215 cm³/mol. The van der Waals surface area contributed by atoms with Gasteiger partial charge < -0.3 is 28.4 Å². The summed E-state index contributed by atoms with van der Waals surface area (Å²) in [6, 6.07) is 12.2. The molecule has 4 aromatic carbocycles. The first-order valence-electron chi connectivity index (χ1n) is 20.2. The van der Waals surface area contributed by atoms with Crippen LogP contribution in [0.15, 0.2) is 36.4 Å². The minimum atomic E-state index is -0.388. The van der Waals surface area contributed by atoms with E-state index >= 15 is 0 Å². The molecule has 0 aliphatic carbocycles. The lowest BCUT2D eigenvalue weighted by Crippen LogP contribution is -2.05. The molecule has 0 bridgehead atoms. The number of benzene rings is 4. The van der Waals surface area contributed by atoms with Crippen LogP contribution in [0.1, 0.15) is 137 Å². The Labute approximate surface area is 312 Å². The quantitative estimate of drug-likeness (QED) is 0.0277. The maximum Gasteiger partial charge on any atom is 0.308 e. The van der Waals surface area contributed by atoms with Gasteiger partial charge in [-0.05, 0) is 82.9 Å². The van der Waals surface area contributed by atoms with Crippen molar-refractivity contribution in [2.24, 2.45) is 0 Å². The molecule has 0 aliphatic rings. The summed E-state index contributed by atoms with van der Waals surface area (Å²) in [5.41, 5.74) is 0. The third-order valence-electron chi connectivity index (χ3n) is 9.60. The maximum atomic E-state index is 12.1. The van der Waals surface area contributed by atoms with Crippen molar-refractivity contribution in [3.63, 3.8) is 0 Å².